The number of allylic oxidation sites excluding steroid dienone is 2. The number of hydrogen-bond donors (Lipinski definition) is 2. The van der Waals surface area contributed by atoms with Crippen molar-refractivity contribution in [3.05, 3.63) is 70.9 Å². The maximum absolute atomic E-state index is 12.9. The van der Waals surface area contributed by atoms with Crippen LogP contribution >= 0.6 is 0 Å². The van der Waals surface area contributed by atoms with Gasteiger partial charge >= 0.3 is 6.36 Å². The number of benzene rings is 2. The number of rotatable bonds is 8. The van der Waals surface area contributed by atoms with E-state index in [1.165, 1.54) is 44.9 Å². The Morgan fingerprint density at radius 2 is 1.84 bits per heavy atom. The third kappa shape index (κ3) is 5.71. The first-order chi connectivity index (χ1) is 17.6. The number of nitrogens with one attached hydrogen (secondary N) is 1. The van der Waals surface area contributed by atoms with Crippen molar-refractivity contribution >= 4 is 23.1 Å². The molecule has 0 aliphatic heterocycles. The van der Waals surface area contributed by atoms with E-state index in [0.29, 0.717) is 39.3 Å². The van der Waals surface area contributed by atoms with Crippen LogP contribution < -0.4 is 19.5 Å². The summed E-state index contributed by atoms with van der Waals surface area (Å²) in [4.78, 5) is 16.7. The average Bonchev–Trinajstić information content (AvgIpc) is 3.45. The van der Waals surface area contributed by atoms with Gasteiger partial charge < -0.3 is 29.1 Å². The summed E-state index contributed by atoms with van der Waals surface area (Å²) >= 11 is 0. The molecule has 1 aliphatic carbocycles. The number of methoxy groups -OCH3 is 2. The predicted molar refractivity (Wildman–Crippen MR) is 128 cm³/mol. The molecule has 3 aromatic rings. The zero-order valence-electron chi connectivity index (χ0n) is 20.1. The third-order valence-corrected chi connectivity index (χ3v) is 5.77. The Kier molecular flexibility index (Phi) is 7.14. The summed E-state index contributed by atoms with van der Waals surface area (Å²) < 4.78 is 58.3. The molecule has 2 aromatic carbocycles. The van der Waals surface area contributed by atoms with E-state index >= 15 is 0 Å². The fourth-order valence-corrected chi connectivity index (χ4v) is 4.09. The zero-order valence-corrected chi connectivity index (χ0v) is 20.1. The van der Waals surface area contributed by atoms with Crippen molar-refractivity contribution in [3.63, 3.8) is 0 Å². The number of fused-ring (bicyclic) bond motifs is 1. The van der Waals surface area contributed by atoms with Crippen molar-refractivity contribution in [3.8, 4) is 23.0 Å². The molecule has 8 nitrogen and oxygen atoms in total. The molecule has 11 heteroatoms. The maximum atomic E-state index is 12.9. The number of ether oxygens (including phenoxy) is 3. The van der Waals surface area contributed by atoms with Crippen molar-refractivity contribution in [1.82, 2.24) is 10.3 Å². The molecule has 0 atom stereocenters. The van der Waals surface area contributed by atoms with E-state index in [1.807, 2.05) is 0 Å². The molecule has 194 valence electrons. The molecule has 0 radical (unpaired) electrons. The van der Waals surface area contributed by atoms with Crippen LogP contribution in [0.1, 0.15) is 35.9 Å². The predicted octanol–water partition coefficient (Wildman–Crippen LogP) is 5.33. The molecule has 0 spiro atoms. The Morgan fingerprint density at radius 3 is 2.43 bits per heavy atom. The number of halogens is 3. The van der Waals surface area contributed by atoms with Gasteiger partial charge in [-0.3, -0.25) is 4.79 Å². The summed E-state index contributed by atoms with van der Waals surface area (Å²) in [6.45, 7) is 1.85. The van der Waals surface area contributed by atoms with E-state index in [1.54, 1.807) is 25.1 Å². The van der Waals surface area contributed by atoms with Crippen molar-refractivity contribution in [2.45, 2.75) is 26.3 Å². The zero-order chi connectivity index (χ0) is 26.7. The molecule has 0 unspecified atom stereocenters. The number of oxazole rings is 1. The molecule has 0 fully saturated rings. The molecular weight excluding hydrogens is 493 g/mol. The van der Waals surface area contributed by atoms with Gasteiger partial charge in [0.1, 0.15) is 12.0 Å². The summed E-state index contributed by atoms with van der Waals surface area (Å²) in [5.74, 6) is -0.232. The van der Waals surface area contributed by atoms with Gasteiger partial charge in [-0.2, -0.15) is 0 Å². The van der Waals surface area contributed by atoms with E-state index in [4.69, 9.17) is 13.9 Å². The number of aromatic hydroxyl groups is 1. The van der Waals surface area contributed by atoms with Crippen molar-refractivity contribution in [2.24, 2.45) is 0 Å². The van der Waals surface area contributed by atoms with Gasteiger partial charge in [0.05, 0.1) is 33.4 Å². The van der Waals surface area contributed by atoms with Gasteiger partial charge in [0, 0.05) is 0 Å². The van der Waals surface area contributed by atoms with Gasteiger partial charge in [0.15, 0.2) is 11.5 Å². The summed E-state index contributed by atoms with van der Waals surface area (Å²) in [6.07, 6.45) is -0.353. The number of phenols is 1. The Hall–Kier alpha value is -4.41. The fraction of sp³-hybridized carbons (Fsp3) is 0.231. The molecule has 37 heavy (non-hydrogen) atoms. The first kappa shape index (κ1) is 25.7. The topological polar surface area (TPSA) is 103 Å². The normalized spacial score (nSPS) is 14.1. The number of carbonyl (C=O) groups excluding carboxylic acids is 1. The van der Waals surface area contributed by atoms with Gasteiger partial charge in [-0.1, -0.05) is 6.07 Å². The van der Waals surface area contributed by atoms with Gasteiger partial charge in [0.25, 0.3) is 0 Å². The highest BCUT2D eigenvalue weighted by Crippen LogP contribution is 2.46. The minimum absolute atomic E-state index is 0.0675. The molecular formula is C26H23F3N2O6. The number of carbonyl (C=O) groups is 1. The molecule has 2 N–H and O–H groups in total. The van der Waals surface area contributed by atoms with Gasteiger partial charge in [-0.25, -0.2) is 4.98 Å². The average molecular weight is 516 g/mol. The van der Waals surface area contributed by atoms with Gasteiger partial charge in [-0.05, 0) is 70.7 Å². The van der Waals surface area contributed by atoms with Crippen LogP contribution in [0.2, 0.25) is 0 Å². The second-order valence-corrected chi connectivity index (χ2v) is 8.07. The first-order valence-electron chi connectivity index (χ1n) is 11.0. The Balaban J connectivity index is 1.74. The molecule has 1 heterocycles. The van der Waals surface area contributed by atoms with E-state index in [2.05, 4.69) is 15.0 Å². The Morgan fingerprint density at radius 1 is 1.14 bits per heavy atom. The summed E-state index contributed by atoms with van der Waals surface area (Å²) in [6, 6.07) is 7.19. The minimum atomic E-state index is -4.86. The number of phenolic OH excluding ortho intramolecular Hbond substituents is 1. The van der Waals surface area contributed by atoms with Crippen LogP contribution in [-0.4, -0.2) is 36.6 Å². The van der Waals surface area contributed by atoms with Crippen LogP contribution in [0.25, 0.3) is 17.2 Å². The second kappa shape index (κ2) is 10.3. The van der Waals surface area contributed by atoms with Gasteiger partial charge in [-0.15, -0.1) is 13.2 Å². The van der Waals surface area contributed by atoms with Crippen molar-refractivity contribution < 1.29 is 41.7 Å². The smallest absolute Gasteiger partial charge is 0.502 e. The standard InChI is InChI=1S/C26H23F3N2O6/c1-14-18(8-15-9-21(34-2)25(33)22(10-15)35-3)17-5-4-16(37-26(27,28)29)11-20(17)19(14)12-23(32)31-13-24-30-6-7-36-24/h4-11,33H,12-13H2,1-3H3,(H,31,32)/b18-8-. The summed E-state index contributed by atoms with van der Waals surface area (Å²) in [5, 5.41) is 12.9. The fourth-order valence-electron chi connectivity index (χ4n) is 4.09. The number of amides is 1. The van der Waals surface area contributed by atoms with E-state index < -0.39 is 12.1 Å². The molecule has 4 rings (SSSR count). The lowest BCUT2D eigenvalue weighted by atomic mass is 10.00. The van der Waals surface area contributed by atoms with E-state index in [9.17, 15) is 23.1 Å². The lowest BCUT2D eigenvalue weighted by Crippen LogP contribution is -2.23. The lowest BCUT2D eigenvalue weighted by molar-refractivity contribution is -0.274. The van der Waals surface area contributed by atoms with Crippen LogP contribution in [0.15, 0.2) is 52.8 Å². The molecule has 1 amide bonds. The van der Waals surface area contributed by atoms with Crippen LogP contribution in [-0.2, 0) is 11.3 Å². The molecule has 1 aromatic heterocycles. The van der Waals surface area contributed by atoms with Crippen LogP contribution in [0.5, 0.6) is 23.0 Å². The number of aromatic nitrogens is 1. The number of nitrogens with zero attached hydrogens (tertiary/aromatic N) is 1. The van der Waals surface area contributed by atoms with Crippen LogP contribution in [0, 0.1) is 0 Å². The maximum Gasteiger partial charge on any atom is 0.573 e. The molecule has 0 saturated carbocycles. The molecule has 0 saturated heterocycles. The Labute approximate surface area is 210 Å². The van der Waals surface area contributed by atoms with Gasteiger partial charge in [0.2, 0.25) is 17.5 Å². The number of hydrogen-bond acceptors (Lipinski definition) is 7. The highest BCUT2D eigenvalue weighted by Gasteiger charge is 2.33. The summed E-state index contributed by atoms with van der Waals surface area (Å²) in [7, 11) is 2.80. The molecule has 0 bridgehead atoms. The van der Waals surface area contributed by atoms with Crippen LogP contribution in [0.3, 0.4) is 0 Å². The van der Waals surface area contributed by atoms with Crippen molar-refractivity contribution in [1.29, 1.82) is 0 Å². The summed E-state index contributed by atoms with van der Waals surface area (Å²) in [5.41, 5.74) is 3.58. The quantitative estimate of drug-likeness (QED) is 0.417. The monoisotopic (exact) mass is 516 g/mol. The highest BCUT2D eigenvalue weighted by atomic mass is 19.4. The van der Waals surface area contributed by atoms with E-state index in [-0.39, 0.29) is 36.1 Å². The van der Waals surface area contributed by atoms with Crippen molar-refractivity contribution in [2.75, 3.05) is 14.2 Å². The van der Waals surface area contributed by atoms with E-state index in [0.717, 1.165) is 0 Å². The lowest BCUT2D eigenvalue weighted by Gasteiger charge is -2.12. The van der Waals surface area contributed by atoms with Crippen LogP contribution in [0.4, 0.5) is 13.2 Å². The Bertz CT molecular complexity index is 1350. The second-order valence-electron chi connectivity index (χ2n) is 8.07. The first-order valence-corrected chi connectivity index (χ1v) is 11.0. The molecule has 1 aliphatic rings. The highest BCUT2D eigenvalue weighted by molar-refractivity contribution is 6.08. The third-order valence-electron chi connectivity index (χ3n) is 5.77. The number of alkyl halides is 3. The largest absolute Gasteiger partial charge is 0.573 e. The SMILES string of the molecule is COc1cc(/C=C2/C(C)=C(CC(=O)NCc3ncco3)c3cc(OC(F)(F)F)ccc32)cc(OC)c1O. The minimum Gasteiger partial charge on any atom is -0.502 e.